The van der Waals surface area contributed by atoms with E-state index in [1.54, 1.807) is 0 Å². The molecule has 0 saturated carbocycles. The van der Waals surface area contributed by atoms with Crippen molar-refractivity contribution in [2.75, 3.05) is 0 Å². The molecule has 17 heavy (non-hydrogen) atoms. The van der Waals surface area contributed by atoms with Crippen molar-refractivity contribution >= 4 is 15.9 Å². The van der Waals surface area contributed by atoms with Crippen LogP contribution in [0.25, 0.3) is 0 Å². The lowest BCUT2D eigenvalue weighted by Crippen LogP contribution is -1.96. The largest absolute Gasteiger partial charge is 0.489 e. The van der Waals surface area contributed by atoms with Gasteiger partial charge in [0, 0.05) is 12.1 Å². The van der Waals surface area contributed by atoms with Gasteiger partial charge in [-0.05, 0) is 21.5 Å². The standard InChI is InChI=1S/C13H9BrF2O/c14-13-11(15)6-10(7-12(13)16)17-8-9-4-2-1-3-5-9/h1-7H,8H2. The fourth-order valence-electron chi connectivity index (χ4n) is 1.36. The molecule has 0 fully saturated rings. The summed E-state index contributed by atoms with van der Waals surface area (Å²) in [6.07, 6.45) is 0. The Hall–Kier alpha value is -1.42. The van der Waals surface area contributed by atoms with Gasteiger partial charge in [-0.25, -0.2) is 8.78 Å². The summed E-state index contributed by atoms with van der Waals surface area (Å²) >= 11 is 2.80. The number of benzene rings is 2. The van der Waals surface area contributed by atoms with Crippen LogP contribution in [-0.2, 0) is 6.61 Å². The summed E-state index contributed by atoms with van der Waals surface area (Å²) < 4.78 is 31.5. The molecule has 0 aromatic heterocycles. The first kappa shape index (κ1) is 12.0. The molecule has 0 bridgehead atoms. The predicted octanol–water partition coefficient (Wildman–Crippen LogP) is 4.31. The molecule has 2 rings (SSSR count). The van der Waals surface area contributed by atoms with E-state index >= 15 is 0 Å². The topological polar surface area (TPSA) is 9.23 Å². The van der Waals surface area contributed by atoms with Crippen molar-refractivity contribution in [3.8, 4) is 5.75 Å². The van der Waals surface area contributed by atoms with Crippen LogP contribution >= 0.6 is 15.9 Å². The van der Waals surface area contributed by atoms with Gasteiger partial charge in [0.1, 0.15) is 24.0 Å². The molecule has 0 spiro atoms. The summed E-state index contributed by atoms with van der Waals surface area (Å²) in [5, 5.41) is 0. The lowest BCUT2D eigenvalue weighted by molar-refractivity contribution is 0.302. The fraction of sp³-hybridized carbons (Fsp3) is 0.0769. The summed E-state index contributed by atoms with van der Waals surface area (Å²) in [4.78, 5) is 0. The molecule has 0 amide bonds. The van der Waals surface area contributed by atoms with Crippen molar-refractivity contribution in [1.82, 2.24) is 0 Å². The van der Waals surface area contributed by atoms with E-state index in [0.717, 1.165) is 17.7 Å². The summed E-state index contributed by atoms with van der Waals surface area (Å²) in [5.41, 5.74) is 0.941. The Labute approximate surface area is 106 Å². The Morgan fingerprint density at radius 3 is 2.18 bits per heavy atom. The normalized spacial score (nSPS) is 10.3. The van der Waals surface area contributed by atoms with Crippen molar-refractivity contribution in [1.29, 1.82) is 0 Å². The quantitative estimate of drug-likeness (QED) is 0.768. The van der Waals surface area contributed by atoms with Gasteiger partial charge in [0.25, 0.3) is 0 Å². The SMILES string of the molecule is Fc1cc(OCc2ccccc2)cc(F)c1Br. The first-order valence-corrected chi connectivity index (χ1v) is 5.77. The van der Waals surface area contributed by atoms with E-state index < -0.39 is 11.6 Å². The Morgan fingerprint density at radius 2 is 1.59 bits per heavy atom. The van der Waals surface area contributed by atoms with Gasteiger partial charge in [-0.2, -0.15) is 0 Å². The van der Waals surface area contributed by atoms with Crippen LogP contribution in [0.4, 0.5) is 8.78 Å². The zero-order valence-corrected chi connectivity index (χ0v) is 10.4. The Kier molecular flexibility index (Phi) is 3.74. The lowest BCUT2D eigenvalue weighted by atomic mass is 10.2. The smallest absolute Gasteiger partial charge is 0.144 e. The third-order valence-corrected chi connectivity index (χ3v) is 2.96. The monoisotopic (exact) mass is 298 g/mol. The third kappa shape index (κ3) is 3.03. The van der Waals surface area contributed by atoms with E-state index in [4.69, 9.17) is 4.74 Å². The van der Waals surface area contributed by atoms with Crippen molar-refractivity contribution in [3.05, 3.63) is 64.1 Å². The highest BCUT2D eigenvalue weighted by molar-refractivity contribution is 9.10. The minimum Gasteiger partial charge on any atom is -0.489 e. The highest BCUT2D eigenvalue weighted by atomic mass is 79.9. The van der Waals surface area contributed by atoms with E-state index in [2.05, 4.69) is 15.9 Å². The highest BCUT2D eigenvalue weighted by Gasteiger charge is 2.08. The average Bonchev–Trinajstić information content (AvgIpc) is 2.34. The summed E-state index contributed by atoms with van der Waals surface area (Å²) in [5.74, 6) is -1.17. The maximum Gasteiger partial charge on any atom is 0.144 e. The fourth-order valence-corrected chi connectivity index (χ4v) is 1.59. The number of halogens is 3. The molecular weight excluding hydrogens is 290 g/mol. The molecule has 0 aliphatic heterocycles. The average molecular weight is 299 g/mol. The van der Waals surface area contributed by atoms with Crippen LogP contribution in [0, 0.1) is 11.6 Å². The van der Waals surface area contributed by atoms with E-state index in [1.807, 2.05) is 30.3 Å². The number of hydrogen-bond acceptors (Lipinski definition) is 1. The van der Waals surface area contributed by atoms with Gasteiger partial charge in [-0.15, -0.1) is 0 Å². The first-order chi connectivity index (χ1) is 8.16. The van der Waals surface area contributed by atoms with Crippen molar-refractivity contribution < 1.29 is 13.5 Å². The number of ether oxygens (including phenoxy) is 1. The van der Waals surface area contributed by atoms with E-state index in [1.165, 1.54) is 0 Å². The van der Waals surface area contributed by atoms with Gasteiger partial charge in [0.15, 0.2) is 0 Å². The van der Waals surface area contributed by atoms with Gasteiger partial charge >= 0.3 is 0 Å². The third-order valence-electron chi connectivity index (χ3n) is 2.21. The molecule has 0 aliphatic rings. The van der Waals surface area contributed by atoms with E-state index in [9.17, 15) is 8.78 Å². The first-order valence-electron chi connectivity index (χ1n) is 4.98. The number of rotatable bonds is 3. The minimum absolute atomic E-state index is 0.173. The molecule has 0 atom stereocenters. The van der Waals surface area contributed by atoms with Crippen LogP contribution in [0.3, 0.4) is 0 Å². The molecule has 0 aliphatic carbocycles. The Balaban J connectivity index is 2.10. The zero-order valence-electron chi connectivity index (χ0n) is 8.79. The van der Waals surface area contributed by atoms with Gasteiger partial charge < -0.3 is 4.74 Å². The molecule has 2 aromatic rings. The van der Waals surface area contributed by atoms with Gasteiger partial charge in [-0.1, -0.05) is 30.3 Å². The van der Waals surface area contributed by atoms with Crippen molar-refractivity contribution in [2.24, 2.45) is 0 Å². The minimum atomic E-state index is -0.673. The molecule has 1 nitrogen and oxygen atoms in total. The summed E-state index contributed by atoms with van der Waals surface area (Å²) in [7, 11) is 0. The van der Waals surface area contributed by atoms with Gasteiger partial charge in [0.05, 0.1) is 4.47 Å². The van der Waals surface area contributed by atoms with Crippen LogP contribution in [0.5, 0.6) is 5.75 Å². The van der Waals surface area contributed by atoms with E-state index in [-0.39, 0.29) is 16.8 Å². The lowest BCUT2D eigenvalue weighted by Gasteiger charge is -2.07. The van der Waals surface area contributed by atoms with Crippen LogP contribution in [-0.4, -0.2) is 0 Å². The molecule has 4 heteroatoms. The Morgan fingerprint density at radius 1 is 1.00 bits per heavy atom. The highest BCUT2D eigenvalue weighted by Crippen LogP contribution is 2.25. The molecular formula is C13H9BrF2O. The predicted molar refractivity (Wildman–Crippen MR) is 64.8 cm³/mol. The van der Waals surface area contributed by atoms with Crippen molar-refractivity contribution in [2.45, 2.75) is 6.61 Å². The van der Waals surface area contributed by atoms with Crippen LogP contribution < -0.4 is 4.74 Å². The van der Waals surface area contributed by atoms with Crippen LogP contribution in [0.1, 0.15) is 5.56 Å². The second-order valence-corrected chi connectivity index (χ2v) is 4.27. The molecule has 0 heterocycles. The number of hydrogen-bond donors (Lipinski definition) is 0. The molecule has 0 N–H and O–H groups in total. The summed E-state index contributed by atoms with van der Waals surface area (Å²) in [6.45, 7) is 0.279. The summed E-state index contributed by atoms with van der Waals surface area (Å²) in [6, 6.07) is 11.7. The zero-order chi connectivity index (χ0) is 12.3. The second-order valence-electron chi connectivity index (χ2n) is 3.48. The van der Waals surface area contributed by atoms with Crippen molar-refractivity contribution in [3.63, 3.8) is 0 Å². The molecule has 0 saturated heterocycles. The van der Waals surface area contributed by atoms with E-state index in [0.29, 0.717) is 0 Å². The maximum absolute atomic E-state index is 13.2. The maximum atomic E-state index is 13.2. The van der Waals surface area contributed by atoms with Gasteiger partial charge in [0.2, 0.25) is 0 Å². The molecule has 2 aromatic carbocycles. The molecule has 0 radical (unpaired) electrons. The molecule has 0 unspecified atom stereocenters. The van der Waals surface area contributed by atoms with Crippen LogP contribution in [0.15, 0.2) is 46.9 Å². The van der Waals surface area contributed by atoms with Crippen LogP contribution in [0.2, 0.25) is 0 Å². The second kappa shape index (κ2) is 5.27. The molecule has 88 valence electrons. The Bertz CT molecular complexity index is 491. The van der Waals surface area contributed by atoms with Gasteiger partial charge in [-0.3, -0.25) is 0 Å².